The first-order chi connectivity index (χ1) is 8.07. The molecule has 0 unspecified atom stereocenters. The average molecular weight is 298 g/mol. The van der Waals surface area contributed by atoms with E-state index in [1.54, 1.807) is 4.90 Å². The van der Waals surface area contributed by atoms with Crippen molar-refractivity contribution in [2.45, 2.75) is 33.1 Å². The number of hydrogen-bond donors (Lipinski definition) is 0. The smallest absolute Gasteiger partial charge is 0.254 e. The zero-order valence-corrected chi connectivity index (χ0v) is 12.4. The van der Waals surface area contributed by atoms with Crippen LogP contribution in [0.1, 0.15) is 42.1 Å². The Morgan fingerprint density at radius 1 is 1.35 bits per heavy atom. The van der Waals surface area contributed by atoms with E-state index >= 15 is 0 Å². The molecule has 0 spiro atoms. The second-order valence-corrected chi connectivity index (χ2v) is 5.16. The molecule has 2 nitrogen and oxygen atoms in total. The lowest BCUT2D eigenvalue weighted by Gasteiger charge is -2.18. The molecule has 0 radical (unpaired) electrons. The summed E-state index contributed by atoms with van der Waals surface area (Å²) in [5.74, 6) is 0.0941. The van der Waals surface area contributed by atoms with Gasteiger partial charge in [0.25, 0.3) is 5.91 Å². The predicted molar refractivity (Wildman–Crippen MR) is 75.4 cm³/mol. The van der Waals surface area contributed by atoms with Gasteiger partial charge >= 0.3 is 0 Å². The zero-order chi connectivity index (χ0) is 12.8. The standard InChI is InChI=1S/C14H20BrNO/c1-4-5-6-10-16(3)14(17)12-9-7-8-11(2)13(12)15/h7-9H,4-6,10H2,1-3H3. The highest BCUT2D eigenvalue weighted by atomic mass is 79.9. The number of rotatable bonds is 5. The highest BCUT2D eigenvalue weighted by molar-refractivity contribution is 9.10. The van der Waals surface area contributed by atoms with E-state index in [1.165, 1.54) is 12.8 Å². The Balaban J connectivity index is 2.71. The van der Waals surface area contributed by atoms with Crippen LogP contribution in [-0.2, 0) is 0 Å². The Kier molecular flexibility index (Phi) is 5.69. The molecule has 0 atom stereocenters. The van der Waals surface area contributed by atoms with Gasteiger partial charge in [-0.1, -0.05) is 31.9 Å². The van der Waals surface area contributed by atoms with E-state index in [4.69, 9.17) is 0 Å². The van der Waals surface area contributed by atoms with Crippen molar-refractivity contribution in [1.82, 2.24) is 4.90 Å². The quantitative estimate of drug-likeness (QED) is 0.752. The molecular weight excluding hydrogens is 278 g/mol. The number of benzene rings is 1. The maximum absolute atomic E-state index is 12.2. The van der Waals surface area contributed by atoms with Crippen LogP contribution in [0.4, 0.5) is 0 Å². The number of hydrogen-bond acceptors (Lipinski definition) is 1. The van der Waals surface area contributed by atoms with E-state index in [9.17, 15) is 4.79 Å². The second kappa shape index (κ2) is 6.80. The van der Waals surface area contributed by atoms with Crippen LogP contribution in [0.25, 0.3) is 0 Å². The van der Waals surface area contributed by atoms with Gasteiger partial charge in [-0.25, -0.2) is 0 Å². The van der Waals surface area contributed by atoms with Crippen LogP contribution in [0.5, 0.6) is 0 Å². The Morgan fingerprint density at radius 3 is 2.71 bits per heavy atom. The Bertz CT molecular complexity index is 390. The van der Waals surface area contributed by atoms with Crippen LogP contribution in [0, 0.1) is 6.92 Å². The van der Waals surface area contributed by atoms with Crippen molar-refractivity contribution in [3.8, 4) is 0 Å². The third kappa shape index (κ3) is 3.84. The van der Waals surface area contributed by atoms with E-state index in [2.05, 4.69) is 22.9 Å². The molecule has 1 rings (SSSR count). The molecule has 0 aliphatic carbocycles. The first-order valence-electron chi connectivity index (χ1n) is 6.08. The van der Waals surface area contributed by atoms with Gasteiger partial charge in [0.05, 0.1) is 5.56 Å². The summed E-state index contributed by atoms with van der Waals surface area (Å²) in [6.45, 7) is 4.99. The minimum Gasteiger partial charge on any atom is -0.342 e. The van der Waals surface area contributed by atoms with Gasteiger partial charge in [0.1, 0.15) is 0 Å². The van der Waals surface area contributed by atoms with Crippen molar-refractivity contribution >= 4 is 21.8 Å². The molecule has 17 heavy (non-hydrogen) atoms. The molecule has 0 N–H and O–H groups in total. The molecule has 1 aromatic carbocycles. The molecule has 0 aliphatic heterocycles. The normalized spacial score (nSPS) is 10.4. The molecule has 94 valence electrons. The number of unbranched alkanes of at least 4 members (excludes halogenated alkanes) is 2. The van der Waals surface area contributed by atoms with Crippen LogP contribution in [0.2, 0.25) is 0 Å². The number of carbonyl (C=O) groups excluding carboxylic acids is 1. The largest absolute Gasteiger partial charge is 0.342 e. The predicted octanol–water partition coefficient (Wildman–Crippen LogP) is 4.02. The van der Waals surface area contributed by atoms with Crippen LogP contribution >= 0.6 is 15.9 Å². The Morgan fingerprint density at radius 2 is 2.06 bits per heavy atom. The van der Waals surface area contributed by atoms with Crippen molar-refractivity contribution in [3.05, 3.63) is 33.8 Å². The summed E-state index contributed by atoms with van der Waals surface area (Å²) in [4.78, 5) is 14.0. The number of amides is 1. The van der Waals surface area contributed by atoms with Crippen molar-refractivity contribution in [3.63, 3.8) is 0 Å². The van der Waals surface area contributed by atoms with Crippen LogP contribution in [0.3, 0.4) is 0 Å². The fourth-order valence-corrected chi connectivity index (χ4v) is 2.15. The van der Waals surface area contributed by atoms with Crippen LogP contribution < -0.4 is 0 Å². The summed E-state index contributed by atoms with van der Waals surface area (Å²) >= 11 is 3.48. The SMILES string of the molecule is CCCCCN(C)C(=O)c1cccc(C)c1Br. The summed E-state index contributed by atoms with van der Waals surface area (Å²) in [5.41, 5.74) is 1.85. The van der Waals surface area contributed by atoms with Gasteiger partial charge in [-0.05, 0) is 40.9 Å². The summed E-state index contributed by atoms with van der Waals surface area (Å²) in [6.07, 6.45) is 3.42. The van der Waals surface area contributed by atoms with Crippen molar-refractivity contribution in [1.29, 1.82) is 0 Å². The highest BCUT2D eigenvalue weighted by Crippen LogP contribution is 2.22. The second-order valence-electron chi connectivity index (χ2n) is 4.37. The fourth-order valence-electron chi connectivity index (χ4n) is 1.72. The maximum atomic E-state index is 12.2. The fraction of sp³-hybridized carbons (Fsp3) is 0.500. The molecule has 0 heterocycles. The summed E-state index contributed by atoms with van der Waals surface area (Å²) < 4.78 is 0.910. The molecule has 0 bridgehead atoms. The van der Waals surface area contributed by atoms with E-state index in [1.807, 2.05) is 32.2 Å². The zero-order valence-electron chi connectivity index (χ0n) is 10.8. The molecule has 0 saturated carbocycles. The van der Waals surface area contributed by atoms with Gasteiger partial charge in [-0.2, -0.15) is 0 Å². The molecular formula is C14H20BrNO. The van der Waals surface area contributed by atoms with Gasteiger partial charge in [-0.15, -0.1) is 0 Å². The van der Waals surface area contributed by atoms with Crippen molar-refractivity contribution in [2.24, 2.45) is 0 Å². The van der Waals surface area contributed by atoms with Crippen LogP contribution in [0.15, 0.2) is 22.7 Å². The number of nitrogens with zero attached hydrogens (tertiary/aromatic N) is 1. The lowest BCUT2D eigenvalue weighted by Crippen LogP contribution is -2.28. The summed E-state index contributed by atoms with van der Waals surface area (Å²) in [5, 5.41) is 0. The van der Waals surface area contributed by atoms with E-state index < -0.39 is 0 Å². The lowest BCUT2D eigenvalue weighted by atomic mass is 10.1. The molecule has 0 aromatic heterocycles. The molecule has 3 heteroatoms. The number of carbonyl (C=O) groups is 1. The van der Waals surface area contributed by atoms with Crippen molar-refractivity contribution < 1.29 is 4.79 Å². The Labute approximate surface area is 112 Å². The third-order valence-electron chi connectivity index (χ3n) is 2.87. The number of halogens is 1. The van der Waals surface area contributed by atoms with E-state index in [0.717, 1.165) is 28.6 Å². The number of aryl methyl sites for hydroxylation is 1. The highest BCUT2D eigenvalue weighted by Gasteiger charge is 2.15. The van der Waals surface area contributed by atoms with E-state index in [0.29, 0.717) is 0 Å². The molecule has 1 amide bonds. The van der Waals surface area contributed by atoms with E-state index in [-0.39, 0.29) is 5.91 Å². The Hall–Kier alpha value is -0.830. The lowest BCUT2D eigenvalue weighted by molar-refractivity contribution is 0.0791. The van der Waals surface area contributed by atoms with Crippen LogP contribution in [-0.4, -0.2) is 24.4 Å². The maximum Gasteiger partial charge on any atom is 0.254 e. The minimum absolute atomic E-state index is 0.0941. The summed E-state index contributed by atoms with van der Waals surface area (Å²) in [6, 6.07) is 5.79. The van der Waals surface area contributed by atoms with Gasteiger partial charge in [0, 0.05) is 18.1 Å². The molecule has 0 aliphatic rings. The molecule has 1 aromatic rings. The first kappa shape index (κ1) is 14.2. The monoisotopic (exact) mass is 297 g/mol. The summed E-state index contributed by atoms with van der Waals surface area (Å²) in [7, 11) is 1.87. The topological polar surface area (TPSA) is 20.3 Å². The minimum atomic E-state index is 0.0941. The average Bonchev–Trinajstić information content (AvgIpc) is 2.32. The van der Waals surface area contributed by atoms with Gasteiger partial charge < -0.3 is 4.90 Å². The van der Waals surface area contributed by atoms with Gasteiger partial charge in [-0.3, -0.25) is 4.79 Å². The third-order valence-corrected chi connectivity index (χ3v) is 3.92. The van der Waals surface area contributed by atoms with Gasteiger partial charge in [0.2, 0.25) is 0 Å². The van der Waals surface area contributed by atoms with Gasteiger partial charge in [0.15, 0.2) is 0 Å². The first-order valence-corrected chi connectivity index (χ1v) is 6.87. The molecule has 0 saturated heterocycles. The van der Waals surface area contributed by atoms with Crippen molar-refractivity contribution in [2.75, 3.05) is 13.6 Å². The molecule has 0 fully saturated rings.